The van der Waals surface area contributed by atoms with Gasteiger partial charge in [-0.25, -0.2) is 9.78 Å². The number of nitrogens with one attached hydrogen (secondary N) is 1. The predicted molar refractivity (Wildman–Crippen MR) is 103 cm³/mol. The summed E-state index contributed by atoms with van der Waals surface area (Å²) < 4.78 is 62.4. The number of ether oxygens (including phenoxy) is 2. The number of hydrogen-bond donors (Lipinski definition) is 1. The lowest BCUT2D eigenvalue weighted by atomic mass is 9.91. The molecule has 0 bridgehead atoms. The van der Waals surface area contributed by atoms with Crippen LogP contribution in [0.2, 0.25) is 0 Å². The third-order valence-electron chi connectivity index (χ3n) is 5.27. The normalized spacial score (nSPS) is 16.1. The molecule has 4 rings (SSSR count). The SMILES string of the molecule is COC(=O)NC1CCc2c(c3cc(OC(F)(F)F)ccc3n2Cc2cccc(F)n2)C1. The molecule has 0 spiro atoms. The van der Waals surface area contributed by atoms with Gasteiger partial charge in [0.15, 0.2) is 0 Å². The molecule has 31 heavy (non-hydrogen) atoms. The molecule has 6 nitrogen and oxygen atoms in total. The van der Waals surface area contributed by atoms with Crippen molar-refractivity contribution in [2.75, 3.05) is 7.11 Å². The van der Waals surface area contributed by atoms with Crippen molar-refractivity contribution in [1.29, 1.82) is 0 Å². The van der Waals surface area contributed by atoms with Gasteiger partial charge in [0.1, 0.15) is 5.75 Å². The zero-order valence-electron chi connectivity index (χ0n) is 16.5. The summed E-state index contributed by atoms with van der Waals surface area (Å²) >= 11 is 0. The Balaban J connectivity index is 1.77. The minimum Gasteiger partial charge on any atom is -0.453 e. The number of alkyl halides is 3. The molecule has 1 amide bonds. The highest BCUT2D eigenvalue weighted by Gasteiger charge is 2.32. The molecule has 0 fully saturated rings. The van der Waals surface area contributed by atoms with Crippen molar-refractivity contribution in [1.82, 2.24) is 14.9 Å². The van der Waals surface area contributed by atoms with Crippen molar-refractivity contribution >= 4 is 17.0 Å². The molecule has 10 heteroatoms. The largest absolute Gasteiger partial charge is 0.573 e. The van der Waals surface area contributed by atoms with Gasteiger partial charge in [-0.3, -0.25) is 0 Å². The van der Waals surface area contributed by atoms with E-state index in [9.17, 15) is 22.4 Å². The van der Waals surface area contributed by atoms with Gasteiger partial charge in [0.05, 0.1) is 19.3 Å². The van der Waals surface area contributed by atoms with Crippen LogP contribution in [0.15, 0.2) is 36.4 Å². The van der Waals surface area contributed by atoms with Crippen LogP contribution in [-0.4, -0.2) is 35.2 Å². The third-order valence-corrected chi connectivity index (χ3v) is 5.27. The van der Waals surface area contributed by atoms with Gasteiger partial charge in [0.2, 0.25) is 5.95 Å². The minimum absolute atomic E-state index is 0.224. The maximum Gasteiger partial charge on any atom is 0.573 e. The standard InChI is InChI=1S/C21H19F4N3O3/c1-30-20(29)27-12-5-7-17-15(9-12)16-10-14(31-21(23,24)25)6-8-18(16)28(17)11-13-3-2-4-19(22)26-13/h2-4,6,8,10,12H,5,7,9,11H2,1H3,(H,27,29). The number of pyridine rings is 1. The summed E-state index contributed by atoms with van der Waals surface area (Å²) in [6, 6.07) is 8.42. The van der Waals surface area contributed by atoms with E-state index in [4.69, 9.17) is 0 Å². The summed E-state index contributed by atoms with van der Waals surface area (Å²) in [6.45, 7) is 0.262. The molecule has 2 heterocycles. The lowest BCUT2D eigenvalue weighted by molar-refractivity contribution is -0.274. The fraction of sp³-hybridized carbons (Fsp3) is 0.333. The van der Waals surface area contributed by atoms with Crippen LogP contribution in [0.5, 0.6) is 5.75 Å². The second-order valence-electron chi connectivity index (χ2n) is 7.27. The van der Waals surface area contributed by atoms with Gasteiger partial charge in [0, 0.05) is 22.6 Å². The maximum atomic E-state index is 13.6. The highest BCUT2D eigenvalue weighted by Crippen LogP contribution is 2.36. The van der Waals surface area contributed by atoms with E-state index in [2.05, 4.69) is 19.8 Å². The zero-order valence-corrected chi connectivity index (χ0v) is 16.5. The summed E-state index contributed by atoms with van der Waals surface area (Å²) in [6.07, 6.45) is -3.76. The zero-order chi connectivity index (χ0) is 22.2. The number of hydrogen-bond acceptors (Lipinski definition) is 4. The van der Waals surface area contributed by atoms with Crippen molar-refractivity contribution < 1.29 is 31.8 Å². The third kappa shape index (κ3) is 4.57. The fourth-order valence-corrected chi connectivity index (χ4v) is 4.06. The number of benzene rings is 1. The second kappa shape index (κ2) is 8.09. The topological polar surface area (TPSA) is 65.4 Å². The van der Waals surface area contributed by atoms with E-state index >= 15 is 0 Å². The molecule has 0 saturated heterocycles. The van der Waals surface area contributed by atoms with Crippen LogP contribution in [0.25, 0.3) is 10.9 Å². The summed E-state index contributed by atoms with van der Waals surface area (Å²) in [5.74, 6) is -0.932. The number of carbonyl (C=O) groups is 1. The Morgan fingerprint density at radius 3 is 2.81 bits per heavy atom. The summed E-state index contributed by atoms with van der Waals surface area (Å²) in [5, 5.41) is 3.34. The molecule has 1 atom stereocenters. The molecule has 0 saturated carbocycles. The number of alkyl carbamates (subject to hydrolysis) is 1. The first-order valence-corrected chi connectivity index (χ1v) is 9.59. The van der Waals surface area contributed by atoms with Gasteiger partial charge in [-0.15, -0.1) is 13.2 Å². The fourth-order valence-electron chi connectivity index (χ4n) is 4.06. The van der Waals surface area contributed by atoms with Crippen LogP contribution < -0.4 is 10.1 Å². The lowest BCUT2D eigenvalue weighted by Crippen LogP contribution is -2.38. The molecule has 1 aliphatic rings. The Morgan fingerprint density at radius 2 is 2.10 bits per heavy atom. The molecule has 1 aromatic carbocycles. The number of carbonyl (C=O) groups excluding carboxylic acids is 1. The van der Waals surface area contributed by atoms with Crippen molar-refractivity contribution in [2.24, 2.45) is 0 Å². The van der Waals surface area contributed by atoms with Crippen LogP contribution in [0.3, 0.4) is 0 Å². The smallest absolute Gasteiger partial charge is 0.453 e. The van der Waals surface area contributed by atoms with E-state index in [0.29, 0.717) is 35.9 Å². The van der Waals surface area contributed by atoms with Crippen LogP contribution >= 0.6 is 0 Å². The van der Waals surface area contributed by atoms with Gasteiger partial charge < -0.3 is 19.4 Å². The highest BCUT2D eigenvalue weighted by molar-refractivity contribution is 5.87. The average Bonchev–Trinajstić information content (AvgIpc) is 2.99. The summed E-state index contributed by atoms with van der Waals surface area (Å²) in [4.78, 5) is 15.5. The number of rotatable bonds is 4. The molecule has 2 aromatic heterocycles. The van der Waals surface area contributed by atoms with Gasteiger partial charge in [-0.05, 0) is 55.2 Å². The van der Waals surface area contributed by atoms with Crippen molar-refractivity contribution in [2.45, 2.75) is 38.2 Å². The Kier molecular flexibility index (Phi) is 5.47. The molecule has 164 valence electrons. The molecule has 0 aliphatic heterocycles. The van der Waals surface area contributed by atoms with E-state index in [0.717, 1.165) is 11.3 Å². The lowest BCUT2D eigenvalue weighted by Gasteiger charge is -2.24. The van der Waals surface area contributed by atoms with E-state index in [1.807, 2.05) is 4.57 Å². The average molecular weight is 437 g/mol. The Hall–Kier alpha value is -3.30. The van der Waals surface area contributed by atoms with Crippen LogP contribution in [0.1, 0.15) is 23.4 Å². The molecule has 1 N–H and O–H groups in total. The molecular weight excluding hydrogens is 418 g/mol. The van der Waals surface area contributed by atoms with E-state index < -0.39 is 18.4 Å². The van der Waals surface area contributed by atoms with E-state index in [1.54, 1.807) is 18.2 Å². The first kappa shape index (κ1) is 21.0. The van der Waals surface area contributed by atoms with Crippen LogP contribution in [0.4, 0.5) is 22.4 Å². The number of nitrogens with zero attached hydrogens (tertiary/aromatic N) is 2. The molecule has 0 radical (unpaired) electrons. The number of halogens is 4. The Bertz CT molecular complexity index is 1130. The number of methoxy groups -OCH3 is 1. The molecular formula is C21H19F4N3O3. The Labute approximate surface area is 174 Å². The minimum atomic E-state index is -4.81. The van der Waals surface area contributed by atoms with Crippen LogP contribution in [0, 0.1) is 5.95 Å². The van der Waals surface area contributed by atoms with Crippen LogP contribution in [-0.2, 0) is 24.1 Å². The first-order chi connectivity index (χ1) is 14.7. The molecule has 3 aromatic rings. The predicted octanol–water partition coefficient (Wildman–Crippen LogP) is 4.34. The molecule has 1 unspecified atom stereocenters. The highest BCUT2D eigenvalue weighted by atomic mass is 19.4. The number of fused-ring (bicyclic) bond motifs is 3. The number of aromatic nitrogens is 2. The van der Waals surface area contributed by atoms with Crippen molar-refractivity contribution in [3.05, 3.63) is 59.3 Å². The summed E-state index contributed by atoms with van der Waals surface area (Å²) in [7, 11) is 1.27. The van der Waals surface area contributed by atoms with E-state index in [-0.39, 0.29) is 18.3 Å². The second-order valence-corrected chi connectivity index (χ2v) is 7.27. The molecule has 1 aliphatic carbocycles. The first-order valence-electron chi connectivity index (χ1n) is 9.59. The van der Waals surface area contributed by atoms with Gasteiger partial charge in [-0.2, -0.15) is 4.39 Å². The Morgan fingerprint density at radius 1 is 1.29 bits per heavy atom. The number of amides is 1. The van der Waals surface area contributed by atoms with Gasteiger partial charge >= 0.3 is 12.5 Å². The monoisotopic (exact) mass is 437 g/mol. The van der Waals surface area contributed by atoms with Gasteiger partial charge in [-0.1, -0.05) is 6.07 Å². The van der Waals surface area contributed by atoms with Gasteiger partial charge in [0.25, 0.3) is 0 Å². The van der Waals surface area contributed by atoms with E-state index in [1.165, 1.54) is 25.3 Å². The van der Waals surface area contributed by atoms with Crippen molar-refractivity contribution in [3.63, 3.8) is 0 Å². The quantitative estimate of drug-likeness (QED) is 0.487. The summed E-state index contributed by atoms with van der Waals surface area (Å²) in [5.41, 5.74) is 2.90. The maximum absolute atomic E-state index is 13.6. The van der Waals surface area contributed by atoms with Crippen molar-refractivity contribution in [3.8, 4) is 5.75 Å².